The molecule has 0 radical (unpaired) electrons. The van der Waals surface area contributed by atoms with Crippen molar-refractivity contribution in [2.45, 2.75) is 43.2 Å². The minimum absolute atomic E-state index is 0.0840. The number of anilines is 2. The smallest absolute Gasteiger partial charge is 0.251 e. The molecule has 4 aliphatic heterocycles. The van der Waals surface area contributed by atoms with E-state index >= 15 is 0 Å². The first-order valence-electron chi connectivity index (χ1n) is 14.2. The van der Waals surface area contributed by atoms with Crippen LogP contribution in [0.3, 0.4) is 0 Å². The molecule has 40 heavy (non-hydrogen) atoms. The molecule has 2 amide bonds. The zero-order valence-electron chi connectivity index (χ0n) is 22.2. The zero-order valence-corrected chi connectivity index (χ0v) is 22.2. The number of para-hydroxylation sites is 2. The van der Waals surface area contributed by atoms with Crippen molar-refractivity contribution in [1.29, 1.82) is 0 Å². The van der Waals surface area contributed by atoms with Gasteiger partial charge in [0.25, 0.3) is 5.91 Å². The Kier molecular flexibility index (Phi) is 4.79. The maximum absolute atomic E-state index is 14.9. The van der Waals surface area contributed by atoms with Crippen LogP contribution in [0.15, 0.2) is 84.9 Å². The number of nitrogens with zero attached hydrogens (tertiary/aromatic N) is 1. The van der Waals surface area contributed by atoms with E-state index in [1.165, 1.54) is 0 Å². The number of rotatable bonds is 3. The molecule has 2 fully saturated rings. The number of carbonyl (C=O) groups is 3. The van der Waals surface area contributed by atoms with E-state index in [4.69, 9.17) is 0 Å². The summed E-state index contributed by atoms with van der Waals surface area (Å²) in [5.41, 5.74) is 1.87. The van der Waals surface area contributed by atoms with Gasteiger partial charge >= 0.3 is 0 Å². The van der Waals surface area contributed by atoms with Gasteiger partial charge in [-0.05, 0) is 59.8 Å². The van der Waals surface area contributed by atoms with Crippen molar-refractivity contribution >= 4 is 39.7 Å². The Balaban J connectivity index is 1.45. The normalized spacial score (nSPS) is 28.1. The fourth-order valence-electron chi connectivity index (χ4n) is 8.48. The molecule has 6 heteroatoms. The molecule has 0 bridgehead atoms. The van der Waals surface area contributed by atoms with E-state index < -0.39 is 16.9 Å². The van der Waals surface area contributed by atoms with Crippen molar-refractivity contribution in [2.75, 3.05) is 17.2 Å². The number of fused-ring (bicyclic) bond motifs is 8. The van der Waals surface area contributed by atoms with Crippen LogP contribution in [0, 0.1) is 5.92 Å². The van der Waals surface area contributed by atoms with Gasteiger partial charge in [-0.3, -0.25) is 19.3 Å². The summed E-state index contributed by atoms with van der Waals surface area (Å²) in [6.45, 7) is 2.71. The van der Waals surface area contributed by atoms with E-state index in [9.17, 15) is 14.4 Å². The first kappa shape index (κ1) is 23.6. The van der Waals surface area contributed by atoms with Gasteiger partial charge in [-0.15, -0.1) is 0 Å². The van der Waals surface area contributed by atoms with Crippen LogP contribution in [0.25, 0.3) is 10.8 Å². The molecule has 0 unspecified atom stereocenters. The summed E-state index contributed by atoms with van der Waals surface area (Å²) in [6, 6.07) is 27.1. The Bertz CT molecular complexity index is 1780. The summed E-state index contributed by atoms with van der Waals surface area (Å²) in [5.74, 6) is -1.30. The lowest BCUT2D eigenvalue weighted by Gasteiger charge is -2.43. The third-order valence-electron chi connectivity index (χ3n) is 9.92. The van der Waals surface area contributed by atoms with Crippen LogP contribution in [0.4, 0.5) is 11.4 Å². The van der Waals surface area contributed by atoms with Crippen molar-refractivity contribution < 1.29 is 14.4 Å². The second kappa shape index (κ2) is 8.12. The predicted molar refractivity (Wildman–Crippen MR) is 154 cm³/mol. The number of carbonyl (C=O) groups excluding carboxylic acids is 3. The third kappa shape index (κ3) is 2.60. The van der Waals surface area contributed by atoms with E-state index in [0.717, 1.165) is 52.4 Å². The van der Waals surface area contributed by atoms with E-state index in [-0.39, 0.29) is 23.6 Å². The second-order valence-corrected chi connectivity index (χ2v) is 11.5. The van der Waals surface area contributed by atoms with E-state index in [1.54, 1.807) is 0 Å². The predicted octanol–water partition coefficient (Wildman–Crippen LogP) is 5.42. The molecule has 2 N–H and O–H groups in total. The fraction of sp³-hybridized carbons (Fsp3) is 0.265. The number of hydrogen-bond donors (Lipinski definition) is 2. The average molecular weight is 528 g/mol. The number of benzene rings is 4. The molecule has 4 aliphatic rings. The standard InChI is InChI=1S/C34H29N3O3/c1-2-20-11-7-13-25-29(20)36-32(40)34(25)33(24-12-5-6-14-26(24)35-31(33)39)28(27-15-8-18-37(27)34)30(38)23-17-16-21-9-3-4-10-22(21)19-23/h3-7,9-14,16-17,19,27-28H,2,8,15,18H2,1H3,(H,35,39)(H,36,40)/t27-,28+,33-,34+/m1/s1. The second-order valence-electron chi connectivity index (χ2n) is 11.5. The number of amides is 2. The van der Waals surface area contributed by atoms with Crippen LogP contribution in [0.2, 0.25) is 0 Å². The molecule has 8 rings (SSSR count). The van der Waals surface area contributed by atoms with Crippen molar-refractivity contribution in [3.8, 4) is 0 Å². The monoisotopic (exact) mass is 527 g/mol. The number of ketones is 1. The minimum Gasteiger partial charge on any atom is -0.325 e. The van der Waals surface area contributed by atoms with Crippen molar-refractivity contribution in [2.24, 2.45) is 5.92 Å². The number of hydrogen-bond acceptors (Lipinski definition) is 4. The van der Waals surface area contributed by atoms with Gasteiger partial charge in [0, 0.05) is 28.5 Å². The molecular weight excluding hydrogens is 498 g/mol. The van der Waals surface area contributed by atoms with Gasteiger partial charge in [-0.1, -0.05) is 79.7 Å². The molecule has 0 saturated carbocycles. The lowest BCUT2D eigenvalue weighted by atomic mass is 9.57. The van der Waals surface area contributed by atoms with Crippen LogP contribution >= 0.6 is 0 Å². The third-order valence-corrected chi connectivity index (χ3v) is 9.92. The lowest BCUT2D eigenvalue weighted by molar-refractivity contribution is -0.137. The van der Waals surface area contributed by atoms with Crippen molar-refractivity contribution in [1.82, 2.24) is 4.90 Å². The maximum atomic E-state index is 14.9. The largest absolute Gasteiger partial charge is 0.325 e. The Labute approximate surface area is 232 Å². The molecule has 0 aromatic heterocycles. The molecule has 6 nitrogen and oxygen atoms in total. The van der Waals surface area contributed by atoms with Crippen LogP contribution in [-0.2, 0) is 27.0 Å². The molecule has 198 valence electrons. The fourth-order valence-corrected chi connectivity index (χ4v) is 8.48. The molecule has 4 atom stereocenters. The quantitative estimate of drug-likeness (QED) is 0.349. The van der Waals surface area contributed by atoms with Crippen molar-refractivity contribution in [3.05, 3.63) is 107 Å². The van der Waals surface area contributed by atoms with Gasteiger partial charge in [0.15, 0.2) is 5.78 Å². The highest BCUT2D eigenvalue weighted by atomic mass is 16.2. The maximum Gasteiger partial charge on any atom is 0.251 e. The average Bonchev–Trinajstić information content (AvgIpc) is 3.71. The van der Waals surface area contributed by atoms with Crippen molar-refractivity contribution in [3.63, 3.8) is 0 Å². The first-order valence-corrected chi connectivity index (χ1v) is 14.2. The van der Waals surface area contributed by atoms with Gasteiger partial charge in [-0.25, -0.2) is 0 Å². The Morgan fingerprint density at radius 1 is 0.875 bits per heavy atom. The highest BCUT2D eigenvalue weighted by Crippen LogP contribution is 2.68. The first-order chi connectivity index (χ1) is 19.5. The van der Waals surface area contributed by atoms with Gasteiger partial charge < -0.3 is 10.6 Å². The summed E-state index contributed by atoms with van der Waals surface area (Å²) < 4.78 is 0. The van der Waals surface area contributed by atoms with Gasteiger partial charge in [0.1, 0.15) is 11.0 Å². The molecular formula is C34H29N3O3. The minimum atomic E-state index is -1.42. The molecule has 4 aromatic rings. The van der Waals surface area contributed by atoms with Gasteiger partial charge in [0.2, 0.25) is 5.91 Å². The Morgan fingerprint density at radius 2 is 1.65 bits per heavy atom. The highest BCUT2D eigenvalue weighted by molar-refractivity contribution is 6.21. The lowest BCUT2D eigenvalue weighted by Crippen LogP contribution is -2.62. The van der Waals surface area contributed by atoms with Crippen LogP contribution in [0.1, 0.15) is 46.8 Å². The number of Topliss-reactive ketones (excluding diaryl/α,β-unsaturated/α-hetero) is 1. The Morgan fingerprint density at radius 3 is 2.50 bits per heavy atom. The summed E-state index contributed by atoms with van der Waals surface area (Å²) >= 11 is 0. The molecule has 0 aliphatic carbocycles. The summed E-state index contributed by atoms with van der Waals surface area (Å²) in [4.78, 5) is 46.4. The van der Waals surface area contributed by atoms with E-state index in [1.807, 2.05) is 84.9 Å². The zero-order chi connectivity index (χ0) is 27.2. The summed E-state index contributed by atoms with van der Waals surface area (Å²) in [7, 11) is 0. The molecule has 2 spiro atoms. The van der Waals surface area contributed by atoms with Gasteiger partial charge in [0.05, 0.1) is 5.92 Å². The number of aryl methyl sites for hydroxylation is 1. The van der Waals surface area contributed by atoms with Crippen LogP contribution in [-0.4, -0.2) is 35.1 Å². The van der Waals surface area contributed by atoms with Crippen LogP contribution < -0.4 is 10.6 Å². The SMILES string of the molecule is CCc1cccc2c1NC(=O)[C@@]21N2CCC[C@@H]2[C@@H](C(=O)c2ccc3ccccc3c2)[C@]12C(=O)Nc1ccccc12. The summed E-state index contributed by atoms with van der Waals surface area (Å²) in [5, 5.41) is 8.37. The molecule has 4 aromatic carbocycles. The highest BCUT2D eigenvalue weighted by Gasteiger charge is 2.81. The molecule has 4 heterocycles. The van der Waals surface area contributed by atoms with Gasteiger partial charge in [-0.2, -0.15) is 0 Å². The topological polar surface area (TPSA) is 78.5 Å². The number of nitrogens with one attached hydrogen (secondary N) is 2. The van der Waals surface area contributed by atoms with E-state index in [0.29, 0.717) is 17.8 Å². The van der Waals surface area contributed by atoms with Crippen LogP contribution in [0.5, 0.6) is 0 Å². The molecule has 2 saturated heterocycles. The Hall–Kier alpha value is -4.29. The summed E-state index contributed by atoms with van der Waals surface area (Å²) in [6.07, 6.45) is 2.36. The van der Waals surface area contributed by atoms with E-state index in [2.05, 4.69) is 22.5 Å².